The maximum absolute atomic E-state index is 14.8. The van der Waals surface area contributed by atoms with Gasteiger partial charge in [-0.05, 0) is 87.0 Å². The summed E-state index contributed by atoms with van der Waals surface area (Å²) >= 11 is 0. The maximum atomic E-state index is 14.8. The van der Waals surface area contributed by atoms with Crippen molar-refractivity contribution in [3.05, 3.63) is 71.8 Å². The highest BCUT2D eigenvalue weighted by Gasteiger charge is 2.44. The Bertz CT molecular complexity index is 2390. The van der Waals surface area contributed by atoms with E-state index in [4.69, 9.17) is 14.3 Å². The Balaban J connectivity index is 1.38. The number of hydrogen-bond acceptors (Lipinski definition) is 13. The van der Waals surface area contributed by atoms with Crippen LogP contribution in [-0.2, 0) is 70.4 Å². The second-order valence-corrected chi connectivity index (χ2v) is 23.6. The van der Waals surface area contributed by atoms with Crippen molar-refractivity contribution in [2.75, 3.05) is 47.9 Å². The van der Waals surface area contributed by atoms with Crippen LogP contribution < -0.4 is 21.3 Å². The predicted octanol–water partition coefficient (Wildman–Crippen LogP) is 5.60. The summed E-state index contributed by atoms with van der Waals surface area (Å²) < 4.78 is 12.2. The molecule has 0 aromatic heterocycles. The normalized spacial score (nSPS) is 17.9. The first kappa shape index (κ1) is 68.3. The number of carbonyl (C=O) groups excluding carboxylic acids is 9. The highest BCUT2D eigenvalue weighted by molar-refractivity contribution is 6.02. The summed E-state index contributed by atoms with van der Waals surface area (Å²) in [7, 11) is 6.67. The van der Waals surface area contributed by atoms with Gasteiger partial charge in [-0.3, -0.25) is 38.4 Å². The van der Waals surface area contributed by atoms with Crippen LogP contribution in [0, 0.1) is 35.5 Å². The Hall–Kier alpha value is -6.25. The van der Waals surface area contributed by atoms with Crippen molar-refractivity contribution in [3.8, 4) is 0 Å². The molecular formula is C62H96N8O12. The van der Waals surface area contributed by atoms with Crippen molar-refractivity contribution in [2.24, 2.45) is 35.5 Å². The number of nitrogens with one attached hydrogen (secondary N) is 4. The average molecular weight is 1150 g/mol. The highest BCUT2D eigenvalue weighted by Crippen LogP contribution is 2.30. The third kappa shape index (κ3) is 20.3. The van der Waals surface area contributed by atoms with Crippen molar-refractivity contribution in [1.82, 2.24) is 41.0 Å². The first-order valence-corrected chi connectivity index (χ1v) is 29.6. The number of methoxy groups -OCH3 is 2. The fraction of sp³-hybridized carbons (Fsp3) is 0.661. The van der Waals surface area contributed by atoms with Gasteiger partial charge in [-0.2, -0.15) is 0 Å². The molecule has 0 unspecified atom stereocenters. The molecule has 2 aliphatic rings. The third-order valence-electron chi connectivity index (χ3n) is 16.1. The van der Waals surface area contributed by atoms with E-state index in [0.29, 0.717) is 63.3 Å². The van der Waals surface area contributed by atoms with Crippen LogP contribution in [-0.4, -0.2) is 163 Å². The lowest BCUT2D eigenvalue weighted by Crippen LogP contribution is -2.58. The van der Waals surface area contributed by atoms with Crippen LogP contribution in [0.2, 0.25) is 0 Å². The molecule has 0 spiro atoms. The summed E-state index contributed by atoms with van der Waals surface area (Å²) in [6, 6.07) is 15.2. The fourth-order valence-electron chi connectivity index (χ4n) is 11.1. The van der Waals surface area contributed by atoms with Gasteiger partial charge in [0.2, 0.25) is 35.4 Å². The number of hydrogen-bond donors (Lipinski definition) is 4. The van der Waals surface area contributed by atoms with Crippen LogP contribution in [0.15, 0.2) is 60.7 Å². The van der Waals surface area contributed by atoms with Gasteiger partial charge in [0, 0.05) is 66.0 Å². The zero-order chi connectivity index (χ0) is 60.8. The van der Waals surface area contributed by atoms with Gasteiger partial charge < -0.3 is 50.3 Å². The van der Waals surface area contributed by atoms with Gasteiger partial charge in [-0.1, -0.05) is 129 Å². The lowest BCUT2D eigenvalue weighted by molar-refractivity contribution is -0.199. The molecular weight excluding hydrogens is 1050 g/mol. The monoisotopic (exact) mass is 1140 g/mol. The zero-order valence-electron chi connectivity index (χ0n) is 51.1. The number of ether oxygens (including phenoxy) is 2. The number of amides is 8. The standard InChI is InChI=1S/C62H96N8O12/c1-14-42(8)56(50(80-12)37-54(74)69-33-21-27-49(69)57(81-13)43(9)58(75)65-47(36-44-23-17-15-18-24-44)60(77)63-38-45-25-19-16-20-26-45)68(11)61(78)55(41(6)7)66-59(76)46(40(4)5)31-34-67(10)32-22-28-51(71)64-48(35-39(2)3)62(79)82-70-52(72)29-30-53(70)73/h15-20,23-26,39-43,46-50,55-57H,14,21-22,27-38H2,1-13H3,(H,63,77)(H,64,71)(H,65,75)(H,66,76)/t42-,43+,46-,47-,48+,49-,50+,55-,56-,57+/m0/s1. The smallest absolute Gasteiger partial charge is 0.355 e. The van der Waals surface area contributed by atoms with Gasteiger partial charge in [0.05, 0.1) is 36.6 Å². The predicted molar refractivity (Wildman–Crippen MR) is 311 cm³/mol. The molecule has 2 fully saturated rings. The van der Waals surface area contributed by atoms with Crippen LogP contribution in [0.3, 0.4) is 0 Å². The lowest BCUT2D eigenvalue weighted by Gasteiger charge is -2.41. The molecule has 2 aromatic rings. The number of hydroxylamine groups is 2. The van der Waals surface area contributed by atoms with Crippen molar-refractivity contribution in [2.45, 2.75) is 182 Å². The van der Waals surface area contributed by atoms with E-state index in [-0.39, 0.29) is 97.6 Å². The SMILES string of the molecule is CC[C@H](C)[C@@H]([C@@H](CC(=O)N1CCC[C@H]1[C@H](OC)[C@@H](C)C(=O)N[C@@H](Cc1ccccc1)C(=O)NCc1ccccc1)OC)N(C)C(=O)[C@@H](NC(=O)[C@@H](CCN(C)CCCC(=O)N[C@H](CC(C)C)C(=O)ON1C(=O)CCC1=O)C(C)C)C(C)C. The van der Waals surface area contributed by atoms with Gasteiger partial charge in [0.15, 0.2) is 0 Å². The maximum Gasteiger partial charge on any atom is 0.355 e. The quantitative estimate of drug-likeness (QED) is 0.0625. The molecule has 0 radical (unpaired) electrons. The van der Waals surface area contributed by atoms with Crippen LogP contribution in [0.25, 0.3) is 0 Å². The molecule has 4 rings (SSSR count). The van der Waals surface area contributed by atoms with Crippen LogP contribution in [0.1, 0.15) is 138 Å². The largest absolute Gasteiger partial charge is 0.379 e. The second kappa shape index (κ2) is 33.8. The highest BCUT2D eigenvalue weighted by atomic mass is 16.7. The number of carbonyl (C=O) groups is 9. The van der Waals surface area contributed by atoms with E-state index < -0.39 is 72.0 Å². The van der Waals surface area contributed by atoms with Gasteiger partial charge in [0.1, 0.15) is 18.1 Å². The molecule has 20 heteroatoms. The number of benzene rings is 2. The molecule has 10 atom stereocenters. The second-order valence-electron chi connectivity index (χ2n) is 23.6. The minimum atomic E-state index is -1.04. The molecule has 20 nitrogen and oxygen atoms in total. The number of likely N-dealkylation sites (N-methyl/N-ethyl adjacent to an activating group) is 1. The van der Waals surface area contributed by atoms with Crippen LogP contribution >= 0.6 is 0 Å². The topological polar surface area (TPSA) is 242 Å². The van der Waals surface area contributed by atoms with Crippen molar-refractivity contribution < 1.29 is 57.5 Å². The van der Waals surface area contributed by atoms with Crippen molar-refractivity contribution in [3.63, 3.8) is 0 Å². The van der Waals surface area contributed by atoms with E-state index >= 15 is 0 Å². The summed E-state index contributed by atoms with van der Waals surface area (Å²) in [5.74, 6) is -5.56. The molecule has 0 saturated carbocycles. The van der Waals surface area contributed by atoms with E-state index in [1.54, 1.807) is 23.8 Å². The summed E-state index contributed by atoms with van der Waals surface area (Å²) in [5.41, 5.74) is 1.81. The number of likely N-dealkylation sites (tertiary alicyclic amines) is 1. The number of rotatable bonds is 34. The van der Waals surface area contributed by atoms with E-state index in [0.717, 1.165) is 11.1 Å². The molecule has 2 aliphatic heterocycles. The Morgan fingerprint density at radius 1 is 0.732 bits per heavy atom. The third-order valence-corrected chi connectivity index (χ3v) is 16.1. The molecule has 82 heavy (non-hydrogen) atoms. The molecule has 2 saturated heterocycles. The first-order chi connectivity index (χ1) is 38.9. The summed E-state index contributed by atoms with van der Waals surface area (Å²) in [5, 5.41) is 12.3. The lowest BCUT2D eigenvalue weighted by atomic mass is 9.88. The molecule has 8 amide bonds. The van der Waals surface area contributed by atoms with Crippen LogP contribution in [0.5, 0.6) is 0 Å². The van der Waals surface area contributed by atoms with Crippen molar-refractivity contribution in [1.29, 1.82) is 0 Å². The Morgan fingerprint density at radius 3 is 1.91 bits per heavy atom. The van der Waals surface area contributed by atoms with Gasteiger partial charge in [-0.25, -0.2) is 4.79 Å². The minimum Gasteiger partial charge on any atom is -0.379 e. The van der Waals surface area contributed by atoms with Gasteiger partial charge in [0.25, 0.3) is 11.8 Å². The molecule has 4 N–H and O–H groups in total. The Kier molecular flexibility index (Phi) is 28.1. The van der Waals surface area contributed by atoms with Gasteiger partial charge in [-0.15, -0.1) is 5.06 Å². The Morgan fingerprint density at radius 2 is 1.35 bits per heavy atom. The average Bonchev–Trinajstić information content (AvgIpc) is 4.18. The number of nitrogens with zero attached hydrogens (tertiary/aromatic N) is 4. The molecule has 2 aromatic carbocycles. The van der Waals surface area contributed by atoms with E-state index in [2.05, 4.69) is 21.3 Å². The molecule has 456 valence electrons. The summed E-state index contributed by atoms with van der Waals surface area (Å²) in [4.78, 5) is 132. The Labute approximate surface area is 487 Å². The molecule has 0 aliphatic carbocycles. The summed E-state index contributed by atoms with van der Waals surface area (Å²) in [6.45, 7) is 19.0. The first-order valence-electron chi connectivity index (χ1n) is 29.6. The van der Waals surface area contributed by atoms with E-state index in [1.165, 1.54) is 14.2 Å². The van der Waals surface area contributed by atoms with Gasteiger partial charge >= 0.3 is 5.97 Å². The van der Waals surface area contributed by atoms with E-state index in [1.807, 2.05) is 128 Å². The summed E-state index contributed by atoms with van der Waals surface area (Å²) in [6.07, 6.45) is 1.96. The zero-order valence-corrected chi connectivity index (χ0v) is 51.1. The number of imide groups is 1. The minimum absolute atomic E-state index is 0.00773. The molecule has 0 bridgehead atoms. The fourth-order valence-corrected chi connectivity index (χ4v) is 11.1. The van der Waals surface area contributed by atoms with Crippen molar-refractivity contribution >= 4 is 53.2 Å². The van der Waals surface area contributed by atoms with E-state index in [9.17, 15) is 43.2 Å². The molecule has 2 heterocycles. The van der Waals surface area contributed by atoms with Crippen LogP contribution in [0.4, 0.5) is 0 Å².